The Morgan fingerprint density at radius 1 is 0.897 bits per heavy atom. The fourth-order valence-electron chi connectivity index (χ4n) is 3.79. The predicted octanol–water partition coefficient (Wildman–Crippen LogP) is 2.92. The van der Waals surface area contributed by atoms with Crippen molar-refractivity contribution in [3.63, 3.8) is 0 Å². The number of aromatic nitrogens is 1. The van der Waals surface area contributed by atoms with E-state index in [9.17, 15) is 9.59 Å². The first-order valence-electron chi connectivity index (χ1n) is 9.76. The SMILES string of the molecule is O=C(CN1CCn2cccc2C1c1ccccc1)NC(=O)NCc1ccccc1. The Bertz CT molecular complexity index is 969. The van der Waals surface area contributed by atoms with Crippen molar-refractivity contribution in [1.82, 2.24) is 20.1 Å². The van der Waals surface area contributed by atoms with E-state index in [4.69, 9.17) is 0 Å². The average molecular weight is 388 g/mol. The topological polar surface area (TPSA) is 66.4 Å². The Balaban J connectivity index is 1.39. The summed E-state index contributed by atoms with van der Waals surface area (Å²) in [7, 11) is 0. The molecule has 29 heavy (non-hydrogen) atoms. The van der Waals surface area contributed by atoms with Crippen LogP contribution >= 0.6 is 0 Å². The zero-order valence-electron chi connectivity index (χ0n) is 16.1. The number of imide groups is 1. The Labute approximate surface area is 170 Å². The highest BCUT2D eigenvalue weighted by molar-refractivity contribution is 5.95. The number of carbonyl (C=O) groups is 2. The summed E-state index contributed by atoms with van der Waals surface area (Å²) in [6.07, 6.45) is 2.07. The Morgan fingerprint density at radius 2 is 1.62 bits per heavy atom. The van der Waals surface area contributed by atoms with Crippen molar-refractivity contribution in [3.05, 3.63) is 95.8 Å². The van der Waals surface area contributed by atoms with Crippen LogP contribution in [0.4, 0.5) is 4.79 Å². The molecule has 0 saturated carbocycles. The molecule has 6 heteroatoms. The first-order valence-corrected chi connectivity index (χ1v) is 9.76. The lowest BCUT2D eigenvalue weighted by Crippen LogP contribution is -2.47. The van der Waals surface area contributed by atoms with Gasteiger partial charge in [0.2, 0.25) is 5.91 Å². The number of hydrogen-bond acceptors (Lipinski definition) is 3. The van der Waals surface area contributed by atoms with E-state index >= 15 is 0 Å². The molecule has 0 radical (unpaired) electrons. The van der Waals surface area contributed by atoms with Gasteiger partial charge in [-0.25, -0.2) is 4.79 Å². The van der Waals surface area contributed by atoms with Crippen LogP contribution in [0.25, 0.3) is 0 Å². The predicted molar refractivity (Wildman–Crippen MR) is 111 cm³/mol. The number of benzene rings is 2. The van der Waals surface area contributed by atoms with Gasteiger partial charge in [0, 0.05) is 31.5 Å². The summed E-state index contributed by atoms with van der Waals surface area (Å²) >= 11 is 0. The molecule has 148 valence electrons. The van der Waals surface area contributed by atoms with Crippen LogP contribution in [-0.4, -0.2) is 34.5 Å². The van der Waals surface area contributed by atoms with E-state index in [1.807, 2.05) is 54.6 Å². The van der Waals surface area contributed by atoms with E-state index in [2.05, 4.69) is 44.5 Å². The van der Waals surface area contributed by atoms with Gasteiger partial charge in [-0.3, -0.25) is 15.0 Å². The molecule has 0 fully saturated rings. The molecule has 3 amide bonds. The third kappa shape index (κ3) is 4.55. The molecular weight excluding hydrogens is 364 g/mol. The lowest BCUT2D eigenvalue weighted by molar-refractivity contribution is -0.121. The van der Waals surface area contributed by atoms with Gasteiger partial charge in [0.15, 0.2) is 0 Å². The minimum Gasteiger partial charge on any atom is -0.348 e. The van der Waals surface area contributed by atoms with Gasteiger partial charge in [0.05, 0.1) is 12.6 Å². The molecular formula is C23H24N4O2. The fraction of sp³-hybridized carbons (Fsp3) is 0.217. The van der Waals surface area contributed by atoms with E-state index in [0.717, 1.165) is 29.9 Å². The molecule has 1 aromatic heterocycles. The maximum Gasteiger partial charge on any atom is 0.321 e. The van der Waals surface area contributed by atoms with Crippen LogP contribution in [0.3, 0.4) is 0 Å². The van der Waals surface area contributed by atoms with Crippen LogP contribution in [-0.2, 0) is 17.9 Å². The second-order valence-electron chi connectivity index (χ2n) is 7.13. The molecule has 1 aliphatic rings. The zero-order valence-corrected chi connectivity index (χ0v) is 16.1. The van der Waals surface area contributed by atoms with Gasteiger partial charge < -0.3 is 9.88 Å². The van der Waals surface area contributed by atoms with E-state index in [0.29, 0.717) is 6.54 Å². The number of nitrogens with one attached hydrogen (secondary N) is 2. The summed E-state index contributed by atoms with van der Waals surface area (Å²) in [4.78, 5) is 26.8. The number of urea groups is 1. The lowest BCUT2D eigenvalue weighted by atomic mass is 10.00. The van der Waals surface area contributed by atoms with E-state index < -0.39 is 6.03 Å². The smallest absolute Gasteiger partial charge is 0.321 e. The van der Waals surface area contributed by atoms with Crippen LogP contribution in [0.15, 0.2) is 79.0 Å². The molecule has 0 aliphatic carbocycles. The Hall–Kier alpha value is -3.38. The minimum absolute atomic E-state index is 0.0157. The number of nitrogens with zero attached hydrogens (tertiary/aromatic N) is 2. The van der Waals surface area contributed by atoms with Crippen molar-refractivity contribution in [3.8, 4) is 0 Å². The van der Waals surface area contributed by atoms with Gasteiger partial charge in [0.25, 0.3) is 0 Å². The molecule has 2 heterocycles. The van der Waals surface area contributed by atoms with Crippen molar-refractivity contribution in [2.45, 2.75) is 19.1 Å². The molecule has 0 saturated heterocycles. The van der Waals surface area contributed by atoms with E-state index in [1.165, 1.54) is 0 Å². The van der Waals surface area contributed by atoms with Crippen LogP contribution in [0.5, 0.6) is 0 Å². The van der Waals surface area contributed by atoms with Crippen molar-refractivity contribution in [1.29, 1.82) is 0 Å². The second kappa shape index (κ2) is 8.75. The molecule has 1 atom stereocenters. The van der Waals surface area contributed by atoms with Crippen LogP contribution < -0.4 is 10.6 Å². The highest BCUT2D eigenvalue weighted by atomic mass is 16.2. The summed E-state index contributed by atoms with van der Waals surface area (Å²) in [6.45, 7) is 2.09. The third-order valence-electron chi connectivity index (χ3n) is 5.15. The third-order valence-corrected chi connectivity index (χ3v) is 5.15. The van der Waals surface area contributed by atoms with Gasteiger partial charge in [-0.15, -0.1) is 0 Å². The molecule has 1 aliphatic heterocycles. The normalized spacial score (nSPS) is 16.1. The molecule has 2 aromatic carbocycles. The number of hydrogen-bond donors (Lipinski definition) is 2. The van der Waals surface area contributed by atoms with Gasteiger partial charge >= 0.3 is 6.03 Å². The van der Waals surface area contributed by atoms with Gasteiger partial charge in [-0.1, -0.05) is 60.7 Å². The average Bonchev–Trinajstić information content (AvgIpc) is 3.22. The standard InChI is InChI=1S/C23H24N4O2/c28-21(25-23(29)24-16-18-8-3-1-4-9-18)17-27-15-14-26-13-7-12-20(26)22(27)19-10-5-2-6-11-19/h1-13,22H,14-17H2,(H2,24,25,28,29). The molecule has 1 unspecified atom stereocenters. The number of rotatable bonds is 5. The minimum atomic E-state index is -0.476. The zero-order chi connectivity index (χ0) is 20.1. The van der Waals surface area contributed by atoms with Crippen molar-refractivity contribution >= 4 is 11.9 Å². The quantitative estimate of drug-likeness (QED) is 0.706. The molecule has 2 N–H and O–H groups in total. The number of carbonyl (C=O) groups excluding carboxylic acids is 2. The summed E-state index contributed by atoms with van der Waals surface area (Å²) in [5, 5.41) is 5.18. The van der Waals surface area contributed by atoms with E-state index in [-0.39, 0.29) is 18.5 Å². The fourth-order valence-corrected chi connectivity index (χ4v) is 3.79. The molecule has 0 bridgehead atoms. The molecule has 4 rings (SSSR count). The van der Waals surface area contributed by atoms with Crippen molar-refractivity contribution in [2.24, 2.45) is 0 Å². The Morgan fingerprint density at radius 3 is 2.38 bits per heavy atom. The van der Waals surface area contributed by atoms with Crippen molar-refractivity contribution < 1.29 is 9.59 Å². The van der Waals surface area contributed by atoms with Crippen LogP contribution in [0.1, 0.15) is 22.9 Å². The van der Waals surface area contributed by atoms with Gasteiger partial charge in [0.1, 0.15) is 0 Å². The highest BCUT2D eigenvalue weighted by Crippen LogP contribution is 2.31. The Kier molecular flexibility index (Phi) is 5.72. The lowest BCUT2D eigenvalue weighted by Gasteiger charge is -2.36. The maximum absolute atomic E-state index is 12.5. The first kappa shape index (κ1) is 19.0. The van der Waals surface area contributed by atoms with Crippen LogP contribution in [0.2, 0.25) is 0 Å². The van der Waals surface area contributed by atoms with Crippen LogP contribution in [0, 0.1) is 0 Å². The summed E-state index contributed by atoms with van der Waals surface area (Å²) in [6, 6.07) is 23.4. The summed E-state index contributed by atoms with van der Waals surface area (Å²) < 4.78 is 2.22. The molecule has 6 nitrogen and oxygen atoms in total. The van der Waals surface area contributed by atoms with E-state index in [1.54, 1.807) is 0 Å². The monoisotopic (exact) mass is 388 g/mol. The van der Waals surface area contributed by atoms with Gasteiger partial charge in [-0.2, -0.15) is 0 Å². The highest BCUT2D eigenvalue weighted by Gasteiger charge is 2.30. The van der Waals surface area contributed by atoms with Gasteiger partial charge in [-0.05, 0) is 23.3 Å². The maximum atomic E-state index is 12.5. The first-order chi connectivity index (χ1) is 14.2. The molecule has 0 spiro atoms. The largest absolute Gasteiger partial charge is 0.348 e. The van der Waals surface area contributed by atoms with Crippen molar-refractivity contribution in [2.75, 3.05) is 13.1 Å². The number of amides is 3. The second-order valence-corrected chi connectivity index (χ2v) is 7.13. The summed E-state index contributed by atoms with van der Waals surface area (Å²) in [5.41, 5.74) is 3.27. The summed E-state index contributed by atoms with van der Waals surface area (Å²) in [5.74, 6) is -0.309. The molecule has 3 aromatic rings. The number of fused-ring (bicyclic) bond motifs is 1.